The van der Waals surface area contributed by atoms with Gasteiger partial charge in [-0.25, -0.2) is 12.8 Å². The van der Waals surface area contributed by atoms with Crippen molar-refractivity contribution in [1.29, 1.82) is 0 Å². The summed E-state index contributed by atoms with van der Waals surface area (Å²) < 4.78 is 35.8. The van der Waals surface area contributed by atoms with Crippen LogP contribution in [-0.2, 0) is 9.84 Å². The molecule has 0 radical (unpaired) electrons. The van der Waals surface area contributed by atoms with Crippen molar-refractivity contribution in [3.05, 3.63) is 29.6 Å². The van der Waals surface area contributed by atoms with Crippen molar-refractivity contribution in [1.82, 2.24) is 0 Å². The van der Waals surface area contributed by atoms with E-state index in [4.69, 9.17) is 0 Å². The summed E-state index contributed by atoms with van der Waals surface area (Å²) in [6.07, 6.45) is 0.464. The van der Waals surface area contributed by atoms with Gasteiger partial charge in [-0.2, -0.15) is 0 Å². The van der Waals surface area contributed by atoms with Crippen LogP contribution in [0.5, 0.6) is 0 Å². The zero-order valence-electron chi connectivity index (χ0n) is 7.53. The second-order valence-electron chi connectivity index (χ2n) is 2.71. The average Bonchev–Trinajstić information content (AvgIpc) is 2.17. The van der Waals surface area contributed by atoms with Crippen LogP contribution in [0.25, 0.3) is 0 Å². The van der Waals surface area contributed by atoms with Crippen molar-refractivity contribution in [2.24, 2.45) is 0 Å². The lowest BCUT2D eigenvalue weighted by Gasteiger charge is -2.02. The Labute approximate surface area is 81.5 Å². The highest BCUT2D eigenvalue weighted by atomic mass is 32.2. The summed E-state index contributed by atoms with van der Waals surface area (Å²) in [6, 6.07) is 3.30. The van der Waals surface area contributed by atoms with E-state index in [1.165, 1.54) is 13.0 Å². The number of halogens is 1. The molecule has 0 unspecified atom stereocenters. The fourth-order valence-corrected chi connectivity index (χ4v) is 1.94. The molecule has 0 saturated heterocycles. The summed E-state index contributed by atoms with van der Waals surface area (Å²) in [4.78, 5) is 9.92. The van der Waals surface area contributed by atoms with Crippen LogP contribution in [0.15, 0.2) is 23.1 Å². The van der Waals surface area contributed by atoms with Crippen LogP contribution >= 0.6 is 0 Å². The summed E-state index contributed by atoms with van der Waals surface area (Å²) >= 11 is 0. The Morgan fingerprint density at radius 3 is 2.50 bits per heavy atom. The molecule has 0 N–H and O–H groups in total. The van der Waals surface area contributed by atoms with Crippen molar-refractivity contribution in [2.75, 3.05) is 5.75 Å². The highest BCUT2D eigenvalue weighted by molar-refractivity contribution is 7.91. The van der Waals surface area contributed by atoms with E-state index in [2.05, 4.69) is 0 Å². The van der Waals surface area contributed by atoms with Gasteiger partial charge >= 0.3 is 0 Å². The predicted octanol–water partition coefficient (Wildman–Crippen LogP) is 1.43. The van der Waals surface area contributed by atoms with Gasteiger partial charge in [-0.1, -0.05) is 13.0 Å². The van der Waals surface area contributed by atoms with Crippen LogP contribution in [0.1, 0.15) is 17.3 Å². The minimum atomic E-state index is -3.54. The standard InChI is InChI=1S/C9H9FO3S/c1-2-14(12,13)9-4-3-7(6-11)5-8(9)10/h3-6H,2H2,1H3. The zero-order chi connectivity index (χ0) is 10.8. The fraction of sp³-hybridized carbons (Fsp3) is 0.222. The maximum absolute atomic E-state index is 13.2. The van der Waals surface area contributed by atoms with Gasteiger partial charge in [0.1, 0.15) is 17.0 Å². The number of sulfone groups is 1. The highest BCUT2D eigenvalue weighted by Crippen LogP contribution is 2.16. The summed E-state index contributed by atoms with van der Waals surface area (Å²) in [7, 11) is -3.54. The first-order chi connectivity index (χ1) is 6.51. The van der Waals surface area contributed by atoms with Crippen molar-refractivity contribution in [3.63, 3.8) is 0 Å². The number of hydrogen-bond donors (Lipinski definition) is 0. The topological polar surface area (TPSA) is 51.2 Å². The van der Waals surface area contributed by atoms with Crippen molar-refractivity contribution >= 4 is 16.1 Å². The number of rotatable bonds is 3. The lowest BCUT2D eigenvalue weighted by atomic mass is 10.2. The van der Waals surface area contributed by atoms with Crippen molar-refractivity contribution in [2.45, 2.75) is 11.8 Å². The molecule has 0 fully saturated rings. The molecule has 1 aromatic rings. The molecule has 1 aromatic carbocycles. The summed E-state index contributed by atoms with van der Waals surface area (Å²) in [5.74, 6) is -1.04. The first-order valence-corrected chi connectivity index (χ1v) is 5.64. The van der Waals surface area contributed by atoms with Gasteiger partial charge in [-0.05, 0) is 12.1 Å². The van der Waals surface area contributed by atoms with E-state index < -0.39 is 15.7 Å². The van der Waals surface area contributed by atoms with Gasteiger partial charge in [-0.15, -0.1) is 0 Å². The number of benzene rings is 1. The number of carbonyl (C=O) groups excluding carboxylic acids is 1. The molecule has 0 aliphatic rings. The van der Waals surface area contributed by atoms with Crippen molar-refractivity contribution in [3.8, 4) is 0 Å². The van der Waals surface area contributed by atoms with Gasteiger partial charge in [0.2, 0.25) is 0 Å². The van der Waals surface area contributed by atoms with Gasteiger partial charge in [-0.3, -0.25) is 4.79 Å². The number of aldehydes is 1. The molecule has 0 aromatic heterocycles. The van der Waals surface area contributed by atoms with E-state index in [0.717, 1.165) is 12.1 Å². The Hall–Kier alpha value is -1.23. The first-order valence-electron chi connectivity index (χ1n) is 3.98. The lowest BCUT2D eigenvalue weighted by molar-refractivity contribution is 0.112. The van der Waals surface area contributed by atoms with E-state index in [-0.39, 0.29) is 16.2 Å². The third kappa shape index (κ3) is 1.98. The first kappa shape index (κ1) is 10.8. The van der Waals surface area contributed by atoms with E-state index in [1.54, 1.807) is 0 Å². The molecule has 0 aliphatic carbocycles. The van der Waals surface area contributed by atoms with Crippen LogP contribution in [0, 0.1) is 5.82 Å². The van der Waals surface area contributed by atoms with Crippen LogP contribution in [0.3, 0.4) is 0 Å². The molecule has 76 valence electrons. The monoisotopic (exact) mass is 216 g/mol. The summed E-state index contributed by atoms with van der Waals surface area (Å²) in [5.41, 5.74) is 0.123. The smallest absolute Gasteiger partial charge is 0.180 e. The molecular weight excluding hydrogens is 207 g/mol. The van der Waals surface area contributed by atoms with Gasteiger partial charge in [0, 0.05) is 5.56 Å². The molecular formula is C9H9FO3S. The van der Waals surface area contributed by atoms with Gasteiger partial charge in [0.25, 0.3) is 0 Å². The van der Waals surface area contributed by atoms with Crippen LogP contribution in [0.2, 0.25) is 0 Å². The van der Waals surface area contributed by atoms with E-state index in [0.29, 0.717) is 6.29 Å². The minimum absolute atomic E-state index is 0.123. The van der Waals surface area contributed by atoms with E-state index in [9.17, 15) is 17.6 Å². The Morgan fingerprint density at radius 1 is 1.43 bits per heavy atom. The Kier molecular flexibility index (Phi) is 3.00. The molecule has 0 amide bonds. The quantitative estimate of drug-likeness (QED) is 0.718. The Bertz CT molecular complexity index is 451. The van der Waals surface area contributed by atoms with Crippen LogP contribution in [0.4, 0.5) is 4.39 Å². The predicted molar refractivity (Wildman–Crippen MR) is 49.5 cm³/mol. The van der Waals surface area contributed by atoms with Gasteiger partial charge in [0.05, 0.1) is 5.75 Å². The maximum atomic E-state index is 13.2. The largest absolute Gasteiger partial charge is 0.298 e. The van der Waals surface area contributed by atoms with Crippen LogP contribution in [-0.4, -0.2) is 20.5 Å². The Balaban J connectivity index is 3.33. The second-order valence-corrected chi connectivity index (χ2v) is 4.96. The number of carbonyl (C=O) groups is 1. The summed E-state index contributed by atoms with van der Waals surface area (Å²) in [6.45, 7) is 1.43. The molecule has 0 spiro atoms. The molecule has 3 nitrogen and oxygen atoms in total. The van der Waals surface area contributed by atoms with Crippen molar-refractivity contribution < 1.29 is 17.6 Å². The molecule has 0 heterocycles. The molecule has 0 atom stereocenters. The Morgan fingerprint density at radius 2 is 2.07 bits per heavy atom. The number of hydrogen-bond acceptors (Lipinski definition) is 3. The highest BCUT2D eigenvalue weighted by Gasteiger charge is 2.16. The third-order valence-electron chi connectivity index (χ3n) is 1.81. The molecule has 0 saturated carbocycles. The molecule has 0 bridgehead atoms. The fourth-order valence-electron chi connectivity index (χ4n) is 0.998. The van der Waals surface area contributed by atoms with E-state index in [1.807, 2.05) is 0 Å². The van der Waals surface area contributed by atoms with E-state index >= 15 is 0 Å². The minimum Gasteiger partial charge on any atom is -0.298 e. The summed E-state index contributed by atoms with van der Waals surface area (Å²) in [5, 5.41) is 0. The SMILES string of the molecule is CCS(=O)(=O)c1ccc(C=O)cc1F. The van der Waals surface area contributed by atoms with Gasteiger partial charge < -0.3 is 0 Å². The maximum Gasteiger partial charge on any atom is 0.180 e. The zero-order valence-corrected chi connectivity index (χ0v) is 8.34. The lowest BCUT2D eigenvalue weighted by Crippen LogP contribution is -2.06. The third-order valence-corrected chi connectivity index (χ3v) is 3.57. The molecule has 0 aliphatic heterocycles. The normalized spacial score (nSPS) is 11.3. The molecule has 14 heavy (non-hydrogen) atoms. The van der Waals surface area contributed by atoms with Gasteiger partial charge in [0.15, 0.2) is 9.84 Å². The molecule has 1 rings (SSSR count). The average molecular weight is 216 g/mol. The second kappa shape index (κ2) is 3.88. The van der Waals surface area contributed by atoms with Crippen LogP contribution < -0.4 is 0 Å². The molecule has 5 heteroatoms.